The van der Waals surface area contributed by atoms with E-state index in [0.717, 1.165) is 44.6 Å². The standard InChI is InChI=1S/C23H58O7Si5/c1-13-17-25-18-15-20-34(11,28-32(6,7)8)30-35(12,21-16-19-26-22-23(24)14-2)29-33(9,10)27-31(3,4)5/h23-24H,13-22H2,1-12H3. The molecule has 0 saturated carbocycles. The first-order valence-electron chi connectivity index (χ1n) is 13.5. The van der Waals surface area contributed by atoms with Crippen LogP contribution in [0.25, 0.3) is 0 Å². The first-order valence-corrected chi connectivity index (χ1v) is 28.2. The van der Waals surface area contributed by atoms with Crippen LogP contribution in [0, 0.1) is 0 Å². The van der Waals surface area contributed by atoms with E-state index < -0.39 is 48.4 Å². The maximum Gasteiger partial charge on any atom is 0.317 e. The van der Waals surface area contributed by atoms with Crippen molar-refractivity contribution in [3.63, 3.8) is 0 Å². The smallest absolute Gasteiger partial charge is 0.317 e. The van der Waals surface area contributed by atoms with Crippen molar-refractivity contribution in [3.8, 4) is 0 Å². The first kappa shape index (κ1) is 35.8. The molecule has 0 aliphatic rings. The molecule has 3 unspecified atom stereocenters. The molecule has 0 amide bonds. The van der Waals surface area contributed by atoms with Gasteiger partial charge in [-0.25, -0.2) is 0 Å². The van der Waals surface area contributed by atoms with Gasteiger partial charge in [0.1, 0.15) is 0 Å². The summed E-state index contributed by atoms with van der Waals surface area (Å²) in [6, 6.07) is 1.70. The molecule has 0 saturated heterocycles. The van der Waals surface area contributed by atoms with Crippen molar-refractivity contribution in [1.29, 1.82) is 0 Å². The number of aliphatic hydroxyl groups is 1. The van der Waals surface area contributed by atoms with E-state index in [1.807, 2.05) is 6.92 Å². The molecule has 3 atom stereocenters. The number of ether oxygens (including phenoxy) is 2. The molecule has 0 bridgehead atoms. The highest BCUT2D eigenvalue weighted by Gasteiger charge is 2.48. The van der Waals surface area contributed by atoms with Crippen molar-refractivity contribution in [2.24, 2.45) is 0 Å². The number of hydrogen-bond donors (Lipinski definition) is 1. The van der Waals surface area contributed by atoms with Crippen LogP contribution in [-0.4, -0.2) is 80.0 Å². The fourth-order valence-electron chi connectivity index (χ4n) is 4.20. The van der Waals surface area contributed by atoms with Crippen molar-refractivity contribution < 1.29 is 31.0 Å². The Bertz CT molecular complexity index is 571. The Morgan fingerprint density at radius 3 is 1.54 bits per heavy atom. The number of aliphatic hydroxyl groups excluding tert-OH is 1. The van der Waals surface area contributed by atoms with Gasteiger partial charge < -0.3 is 31.0 Å². The van der Waals surface area contributed by atoms with Gasteiger partial charge in [0.15, 0.2) is 16.6 Å². The van der Waals surface area contributed by atoms with Gasteiger partial charge in [-0.05, 0) is 103 Å². The third-order valence-corrected chi connectivity index (χ3v) is 23.2. The monoisotopic (exact) mass is 586 g/mol. The van der Waals surface area contributed by atoms with Gasteiger partial charge >= 0.3 is 25.7 Å². The predicted molar refractivity (Wildman–Crippen MR) is 159 cm³/mol. The van der Waals surface area contributed by atoms with Crippen molar-refractivity contribution >= 4 is 42.3 Å². The van der Waals surface area contributed by atoms with Crippen LogP contribution in [0.5, 0.6) is 0 Å². The van der Waals surface area contributed by atoms with E-state index in [4.69, 9.17) is 25.9 Å². The van der Waals surface area contributed by atoms with E-state index in [1.165, 1.54) is 0 Å². The summed E-state index contributed by atoms with van der Waals surface area (Å²) in [6.45, 7) is 28.6. The highest BCUT2D eigenvalue weighted by Crippen LogP contribution is 2.31. The van der Waals surface area contributed by atoms with E-state index in [0.29, 0.717) is 19.6 Å². The van der Waals surface area contributed by atoms with E-state index in [2.05, 4.69) is 72.4 Å². The lowest BCUT2D eigenvalue weighted by Crippen LogP contribution is -2.60. The molecule has 0 aromatic heterocycles. The minimum absolute atomic E-state index is 0.373. The predicted octanol–water partition coefficient (Wildman–Crippen LogP) is 6.56. The number of rotatable bonds is 21. The molecule has 0 fully saturated rings. The molecular weight excluding hydrogens is 529 g/mol. The fraction of sp³-hybridized carbons (Fsp3) is 1.00. The molecule has 7 nitrogen and oxygen atoms in total. The van der Waals surface area contributed by atoms with E-state index in [-0.39, 0.29) is 0 Å². The molecule has 212 valence electrons. The quantitative estimate of drug-likeness (QED) is 0.120. The van der Waals surface area contributed by atoms with E-state index >= 15 is 0 Å². The largest absolute Gasteiger partial charge is 0.437 e. The number of hydrogen-bond acceptors (Lipinski definition) is 7. The van der Waals surface area contributed by atoms with Crippen molar-refractivity contribution in [2.45, 2.75) is 123 Å². The van der Waals surface area contributed by atoms with Gasteiger partial charge in [-0.2, -0.15) is 0 Å². The maximum absolute atomic E-state index is 9.79. The Balaban J connectivity index is 5.59. The molecule has 1 N–H and O–H groups in total. The van der Waals surface area contributed by atoms with Gasteiger partial charge in [0.05, 0.1) is 12.7 Å². The van der Waals surface area contributed by atoms with Crippen molar-refractivity contribution in [1.82, 2.24) is 0 Å². The zero-order valence-corrected chi connectivity index (χ0v) is 30.0. The topological polar surface area (TPSA) is 75.6 Å². The van der Waals surface area contributed by atoms with Crippen LogP contribution in [0.15, 0.2) is 0 Å². The van der Waals surface area contributed by atoms with Gasteiger partial charge in [-0.1, -0.05) is 13.8 Å². The molecule has 0 spiro atoms. The van der Waals surface area contributed by atoms with Crippen LogP contribution in [0.3, 0.4) is 0 Å². The maximum atomic E-state index is 9.79. The summed E-state index contributed by atoms with van der Waals surface area (Å²) in [5, 5.41) is 9.79. The molecule has 0 aliphatic heterocycles. The Morgan fingerprint density at radius 1 is 0.600 bits per heavy atom. The highest BCUT2D eigenvalue weighted by molar-refractivity contribution is 6.90. The first-order chi connectivity index (χ1) is 15.8. The summed E-state index contributed by atoms with van der Waals surface area (Å²) >= 11 is 0. The fourth-order valence-corrected chi connectivity index (χ4v) is 27.9. The van der Waals surface area contributed by atoms with Crippen LogP contribution in [0.1, 0.15) is 39.5 Å². The summed E-state index contributed by atoms with van der Waals surface area (Å²) in [5.41, 5.74) is 0. The minimum atomic E-state index is -2.65. The Hall–Kier alpha value is 0.804. The Morgan fingerprint density at radius 2 is 1.09 bits per heavy atom. The summed E-state index contributed by atoms with van der Waals surface area (Å²) in [4.78, 5) is 0. The van der Waals surface area contributed by atoms with Crippen molar-refractivity contribution in [3.05, 3.63) is 0 Å². The molecule has 0 aromatic rings. The van der Waals surface area contributed by atoms with Crippen LogP contribution >= 0.6 is 0 Å². The average Bonchev–Trinajstić information content (AvgIpc) is 2.62. The van der Waals surface area contributed by atoms with E-state index in [9.17, 15) is 5.11 Å². The summed E-state index contributed by atoms with van der Waals surface area (Å²) in [6.07, 6.45) is 3.09. The highest BCUT2D eigenvalue weighted by atomic mass is 28.5. The SMILES string of the molecule is CCCOCCC[Si](C)(O[Si](C)(C)C)O[Si](C)(CCCOCC(O)CC)O[Si](C)(C)O[Si](C)(C)C. The third kappa shape index (κ3) is 19.5. The van der Waals surface area contributed by atoms with Gasteiger partial charge in [0.2, 0.25) is 0 Å². The summed E-state index contributed by atoms with van der Waals surface area (Å²) in [7, 11) is -11.2. The van der Waals surface area contributed by atoms with Crippen LogP contribution < -0.4 is 0 Å². The minimum Gasteiger partial charge on any atom is -0.437 e. The average molecular weight is 587 g/mol. The van der Waals surface area contributed by atoms with Gasteiger partial charge in [-0.3, -0.25) is 0 Å². The third-order valence-electron chi connectivity index (χ3n) is 4.94. The zero-order valence-electron chi connectivity index (χ0n) is 25.0. The second-order valence-corrected chi connectivity index (χ2v) is 32.3. The second kappa shape index (κ2) is 16.0. The molecule has 0 aromatic carbocycles. The summed E-state index contributed by atoms with van der Waals surface area (Å²) < 4.78 is 38.8. The lowest BCUT2D eigenvalue weighted by Gasteiger charge is -2.44. The van der Waals surface area contributed by atoms with Gasteiger partial charge in [0.25, 0.3) is 0 Å². The molecule has 35 heavy (non-hydrogen) atoms. The zero-order chi connectivity index (χ0) is 27.4. The second-order valence-electron chi connectivity index (χ2n) is 12.3. The normalized spacial score (nSPS) is 17.7. The molecule has 0 aliphatic carbocycles. The Kier molecular flexibility index (Phi) is 16.4. The molecule has 0 heterocycles. The van der Waals surface area contributed by atoms with Crippen LogP contribution in [0.4, 0.5) is 0 Å². The lowest BCUT2D eigenvalue weighted by molar-refractivity contribution is 0.0349. The van der Waals surface area contributed by atoms with Crippen LogP contribution in [0.2, 0.25) is 77.6 Å². The van der Waals surface area contributed by atoms with Crippen LogP contribution in [-0.2, 0) is 25.9 Å². The van der Waals surface area contributed by atoms with Gasteiger partial charge in [0, 0.05) is 19.8 Å². The van der Waals surface area contributed by atoms with Gasteiger partial charge in [-0.15, -0.1) is 0 Å². The molecular formula is C23H58O7Si5. The molecule has 12 heteroatoms. The molecule has 0 radical (unpaired) electrons. The lowest BCUT2D eigenvalue weighted by atomic mass is 10.3. The molecule has 0 rings (SSSR count). The van der Waals surface area contributed by atoms with E-state index in [1.54, 1.807) is 0 Å². The van der Waals surface area contributed by atoms with Crippen molar-refractivity contribution in [2.75, 3.05) is 26.4 Å². The Labute approximate surface area is 222 Å². The summed E-state index contributed by atoms with van der Waals surface area (Å²) in [5.74, 6) is 0.